The largest absolute Gasteiger partial charge is 0.392 e. The lowest BCUT2D eigenvalue weighted by molar-refractivity contribution is 0.251. The van der Waals surface area contributed by atoms with Gasteiger partial charge in [0, 0.05) is 16.5 Å². The number of aliphatic hydroxyl groups is 1. The third-order valence-corrected chi connectivity index (χ3v) is 4.17. The zero-order valence-corrected chi connectivity index (χ0v) is 13.7. The number of hydrogen-bond donors (Lipinski definition) is 3. The molecule has 0 aliphatic heterocycles. The molecule has 22 heavy (non-hydrogen) atoms. The van der Waals surface area contributed by atoms with Crippen LogP contribution in [0.15, 0.2) is 47.4 Å². The van der Waals surface area contributed by atoms with Crippen molar-refractivity contribution in [3.05, 3.63) is 58.6 Å². The molecular formula is C16H17ClN2O2S. The van der Waals surface area contributed by atoms with Crippen molar-refractivity contribution in [1.29, 1.82) is 0 Å². The molecule has 0 spiro atoms. The van der Waals surface area contributed by atoms with Gasteiger partial charge in [-0.15, -0.1) is 11.8 Å². The molecule has 0 saturated heterocycles. The van der Waals surface area contributed by atoms with Crippen LogP contribution in [-0.2, 0) is 13.2 Å². The number of nitrogens with one attached hydrogen (secondary N) is 2. The molecule has 0 bridgehead atoms. The predicted octanol–water partition coefficient (Wildman–Crippen LogP) is 3.88. The van der Waals surface area contributed by atoms with Crippen LogP contribution in [0.4, 0.5) is 10.5 Å². The van der Waals surface area contributed by atoms with Crippen molar-refractivity contribution >= 4 is 35.1 Å². The van der Waals surface area contributed by atoms with Crippen LogP contribution in [0.25, 0.3) is 0 Å². The lowest BCUT2D eigenvalue weighted by atomic mass is 10.1. The number of hydrogen-bond acceptors (Lipinski definition) is 3. The Hall–Kier alpha value is -1.69. The Kier molecular flexibility index (Phi) is 6.12. The molecular weight excluding hydrogens is 320 g/mol. The van der Waals surface area contributed by atoms with Crippen molar-refractivity contribution in [3.8, 4) is 0 Å². The number of anilines is 1. The van der Waals surface area contributed by atoms with E-state index in [2.05, 4.69) is 10.6 Å². The number of carbonyl (C=O) groups is 1. The van der Waals surface area contributed by atoms with Gasteiger partial charge in [-0.2, -0.15) is 0 Å². The maximum Gasteiger partial charge on any atom is 0.319 e. The number of aliphatic hydroxyl groups excluding tert-OH is 1. The van der Waals surface area contributed by atoms with E-state index < -0.39 is 0 Å². The first kappa shape index (κ1) is 16.7. The van der Waals surface area contributed by atoms with Crippen molar-refractivity contribution in [3.63, 3.8) is 0 Å². The van der Waals surface area contributed by atoms with E-state index in [0.29, 0.717) is 17.3 Å². The molecule has 0 aromatic heterocycles. The van der Waals surface area contributed by atoms with E-state index in [-0.39, 0.29) is 12.6 Å². The molecule has 0 fully saturated rings. The fourth-order valence-electron chi connectivity index (χ4n) is 2.00. The topological polar surface area (TPSA) is 61.4 Å². The van der Waals surface area contributed by atoms with Crippen molar-refractivity contribution in [2.24, 2.45) is 0 Å². The second kappa shape index (κ2) is 8.08. The summed E-state index contributed by atoms with van der Waals surface area (Å²) in [4.78, 5) is 13.0. The van der Waals surface area contributed by atoms with E-state index in [1.807, 2.05) is 36.6 Å². The second-order valence-corrected chi connectivity index (χ2v) is 5.86. The number of benzene rings is 2. The van der Waals surface area contributed by atoms with Gasteiger partial charge in [0.05, 0.1) is 12.3 Å². The first-order valence-corrected chi connectivity index (χ1v) is 8.30. The number of rotatable bonds is 5. The van der Waals surface area contributed by atoms with Gasteiger partial charge in [-0.1, -0.05) is 35.9 Å². The van der Waals surface area contributed by atoms with Gasteiger partial charge in [-0.05, 0) is 35.6 Å². The highest BCUT2D eigenvalue weighted by atomic mass is 35.5. The SMILES string of the molecule is CSc1ccc(Cl)cc1NC(=O)NCc1ccccc1CO. The van der Waals surface area contributed by atoms with Gasteiger partial charge in [0.2, 0.25) is 0 Å². The van der Waals surface area contributed by atoms with Gasteiger partial charge in [0.25, 0.3) is 0 Å². The Morgan fingerprint density at radius 1 is 1.23 bits per heavy atom. The summed E-state index contributed by atoms with van der Waals surface area (Å²) in [5.41, 5.74) is 2.36. The summed E-state index contributed by atoms with van der Waals surface area (Å²) < 4.78 is 0. The summed E-state index contributed by atoms with van der Waals surface area (Å²) in [5, 5.41) is 15.4. The van der Waals surface area contributed by atoms with Crippen LogP contribution < -0.4 is 10.6 Å². The number of thioether (sulfide) groups is 1. The summed E-state index contributed by atoms with van der Waals surface area (Å²) >= 11 is 7.49. The van der Waals surface area contributed by atoms with Crippen LogP contribution in [0.2, 0.25) is 5.02 Å². The van der Waals surface area contributed by atoms with E-state index in [9.17, 15) is 9.90 Å². The van der Waals surface area contributed by atoms with Crippen molar-refractivity contribution in [2.75, 3.05) is 11.6 Å². The molecule has 0 heterocycles. The van der Waals surface area contributed by atoms with Crippen LogP contribution >= 0.6 is 23.4 Å². The Morgan fingerprint density at radius 3 is 2.64 bits per heavy atom. The van der Waals surface area contributed by atoms with Gasteiger partial charge in [0.1, 0.15) is 0 Å². The van der Waals surface area contributed by atoms with Crippen molar-refractivity contribution < 1.29 is 9.90 Å². The lowest BCUT2D eigenvalue weighted by Crippen LogP contribution is -2.28. The van der Waals surface area contributed by atoms with Crippen LogP contribution in [-0.4, -0.2) is 17.4 Å². The Labute approximate surface area is 138 Å². The third kappa shape index (κ3) is 4.40. The smallest absolute Gasteiger partial charge is 0.319 e. The first-order chi connectivity index (χ1) is 10.6. The van der Waals surface area contributed by atoms with Gasteiger partial charge < -0.3 is 15.7 Å². The van der Waals surface area contributed by atoms with E-state index >= 15 is 0 Å². The minimum absolute atomic E-state index is 0.0512. The van der Waals surface area contributed by atoms with Gasteiger partial charge in [-0.3, -0.25) is 0 Å². The zero-order valence-electron chi connectivity index (χ0n) is 12.1. The summed E-state index contributed by atoms with van der Waals surface area (Å²) in [6, 6.07) is 12.5. The van der Waals surface area contributed by atoms with Crippen LogP contribution in [0.5, 0.6) is 0 Å². The van der Waals surface area contributed by atoms with Crippen LogP contribution in [0.3, 0.4) is 0 Å². The number of urea groups is 1. The summed E-state index contributed by atoms with van der Waals surface area (Å²) in [5.74, 6) is 0. The maximum absolute atomic E-state index is 12.0. The Bertz CT molecular complexity index is 664. The van der Waals surface area contributed by atoms with E-state index in [1.54, 1.807) is 12.1 Å². The standard InChI is InChI=1S/C16H17ClN2O2S/c1-22-15-7-6-13(17)8-14(15)19-16(21)18-9-11-4-2-3-5-12(11)10-20/h2-8,20H,9-10H2,1H3,(H2,18,19,21). The molecule has 2 rings (SSSR count). The summed E-state index contributed by atoms with van der Waals surface area (Å²) in [7, 11) is 0. The highest BCUT2D eigenvalue weighted by molar-refractivity contribution is 7.98. The third-order valence-electron chi connectivity index (χ3n) is 3.14. The molecule has 0 radical (unpaired) electrons. The van der Waals surface area contributed by atoms with Crippen molar-refractivity contribution in [2.45, 2.75) is 18.0 Å². The number of halogens is 1. The fourth-order valence-corrected chi connectivity index (χ4v) is 2.71. The Morgan fingerprint density at radius 2 is 1.95 bits per heavy atom. The van der Waals surface area contributed by atoms with Gasteiger partial charge in [-0.25, -0.2) is 4.79 Å². The fraction of sp³-hybridized carbons (Fsp3) is 0.188. The summed E-state index contributed by atoms with van der Waals surface area (Å²) in [6.07, 6.45) is 1.93. The van der Waals surface area contributed by atoms with Crippen molar-refractivity contribution in [1.82, 2.24) is 5.32 Å². The highest BCUT2D eigenvalue weighted by Gasteiger charge is 2.08. The van der Waals surface area contributed by atoms with Gasteiger partial charge >= 0.3 is 6.03 Å². The quantitative estimate of drug-likeness (QED) is 0.726. The molecule has 2 amide bonds. The van der Waals surface area contributed by atoms with E-state index in [0.717, 1.165) is 16.0 Å². The summed E-state index contributed by atoms with van der Waals surface area (Å²) in [6.45, 7) is 0.294. The second-order valence-electron chi connectivity index (χ2n) is 4.58. The maximum atomic E-state index is 12.0. The molecule has 2 aromatic carbocycles. The molecule has 0 unspecified atom stereocenters. The predicted molar refractivity (Wildman–Crippen MR) is 91.5 cm³/mol. The minimum Gasteiger partial charge on any atom is -0.392 e. The molecule has 3 N–H and O–H groups in total. The van der Waals surface area contributed by atoms with E-state index in [1.165, 1.54) is 11.8 Å². The molecule has 0 aliphatic rings. The number of amides is 2. The molecule has 6 heteroatoms. The van der Waals surface area contributed by atoms with E-state index in [4.69, 9.17) is 11.6 Å². The number of carbonyl (C=O) groups excluding carboxylic acids is 1. The Balaban J connectivity index is 2.00. The highest BCUT2D eigenvalue weighted by Crippen LogP contribution is 2.28. The molecule has 2 aromatic rings. The van der Waals surface area contributed by atoms with Crippen LogP contribution in [0.1, 0.15) is 11.1 Å². The lowest BCUT2D eigenvalue weighted by Gasteiger charge is -2.12. The molecule has 116 valence electrons. The minimum atomic E-state index is -0.315. The monoisotopic (exact) mass is 336 g/mol. The van der Waals surface area contributed by atoms with Gasteiger partial charge in [0.15, 0.2) is 0 Å². The van der Waals surface area contributed by atoms with Crippen LogP contribution in [0, 0.1) is 0 Å². The molecule has 0 atom stereocenters. The molecule has 0 aliphatic carbocycles. The zero-order chi connectivity index (χ0) is 15.9. The average Bonchev–Trinajstić information content (AvgIpc) is 2.53. The average molecular weight is 337 g/mol. The normalized spacial score (nSPS) is 10.3. The molecule has 4 nitrogen and oxygen atoms in total. The first-order valence-electron chi connectivity index (χ1n) is 6.70. The molecule has 0 saturated carbocycles.